The van der Waals surface area contributed by atoms with Crippen molar-refractivity contribution in [2.75, 3.05) is 7.11 Å². The van der Waals surface area contributed by atoms with Gasteiger partial charge >= 0.3 is 5.97 Å². The van der Waals surface area contributed by atoms with Gasteiger partial charge in [0.1, 0.15) is 0 Å². The molecule has 0 spiro atoms. The van der Waals surface area contributed by atoms with E-state index in [1.807, 2.05) is 0 Å². The number of pyridine rings is 1. The largest absolute Gasteiger partial charge is 0.481 e. The van der Waals surface area contributed by atoms with Crippen LogP contribution in [0.15, 0.2) is 54.7 Å². The molecule has 31 heavy (non-hydrogen) atoms. The monoisotopic (exact) mass is 446 g/mol. The fourth-order valence-corrected chi connectivity index (χ4v) is 3.29. The van der Waals surface area contributed by atoms with E-state index in [2.05, 4.69) is 10.3 Å². The number of ether oxygens (including phenoxy) is 1. The number of carboxylic acid groups (broad SMARTS) is 1. The summed E-state index contributed by atoms with van der Waals surface area (Å²) in [7, 11) is 1.35. The van der Waals surface area contributed by atoms with Crippen LogP contribution in [0, 0.1) is 11.6 Å². The van der Waals surface area contributed by atoms with Crippen LogP contribution in [0.4, 0.5) is 8.78 Å². The molecule has 2 N–H and O–H groups in total. The summed E-state index contributed by atoms with van der Waals surface area (Å²) >= 11 is 6.17. The van der Waals surface area contributed by atoms with Crippen molar-refractivity contribution < 1.29 is 28.2 Å². The van der Waals surface area contributed by atoms with Crippen LogP contribution in [-0.2, 0) is 4.79 Å². The summed E-state index contributed by atoms with van der Waals surface area (Å²) in [5, 5.41) is 12.2. The lowest BCUT2D eigenvalue weighted by atomic mass is 10.0. The molecule has 1 amide bonds. The number of amides is 1. The molecule has 3 aromatic rings. The Morgan fingerprint density at radius 1 is 1.16 bits per heavy atom. The molecule has 1 heterocycles. The van der Waals surface area contributed by atoms with Crippen LogP contribution in [0.1, 0.15) is 28.4 Å². The second-order valence-electron chi connectivity index (χ2n) is 6.56. The van der Waals surface area contributed by atoms with E-state index in [-0.39, 0.29) is 22.6 Å². The van der Waals surface area contributed by atoms with Crippen LogP contribution in [0.2, 0.25) is 5.02 Å². The Balaban J connectivity index is 1.95. The third kappa shape index (κ3) is 5.16. The summed E-state index contributed by atoms with van der Waals surface area (Å²) in [6.07, 6.45) is 0.844. The van der Waals surface area contributed by atoms with Crippen LogP contribution in [0.3, 0.4) is 0 Å². The maximum atomic E-state index is 13.7. The topological polar surface area (TPSA) is 88.5 Å². The molecular weight excluding hydrogens is 430 g/mol. The van der Waals surface area contributed by atoms with Crippen molar-refractivity contribution in [3.63, 3.8) is 0 Å². The molecule has 6 nitrogen and oxygen atoms in total. The summed E-state index contributed by atoms with van der Waals surface area (Å²) in [5.41, 5.74) is 1.04. The van der Waals surface area contributed by atoms with Crippen molar-refractivity contribution in [3.05, 3.63) is 82.5 Å². The molecule has 0 aliphatic carbocycles. The lowest BCUT2D eigenvalue weighted by molar-refractivity contribution is -0.137. The van der Waals surface area contributed by atoms with E-state index < -0.39 is 36.0 Å². The van der Waals surface area contributed by atoms with Crippen LogP contribution in [0.25, 0.3) is 11.1 Å². The van der Waals surface area contributed by atoms with Gasteiger partial charge in [0.2, 0.25) is 5.88 Å². The molecule has 0 aliphatic heterocycles. The zero-order chi connectivity index (χ0) is 22.5. The van der Waals surface area contributed by atoms with Crippen molar-refractivity contribution in [1.82, 2.24) is 10.3 Å². The highest BCUT2D eigenvalue weighted by Crippen LogP contribution is 2.31. The molecule has 9 heteroatoms. The number of halogens is 3. The van der Waals surface area contributed by atoms with E-state index in [1.165, 1.54) is 25.4 Å². The fraction of sp³-hybridized carbons (Fsp3) is 0.136. The first-order valence-electron chi connectivity index (χ1n) is 9.06. The Hall–Kier alpha value is -3.52. The molecular formula is C22H17ClF2N2O4. The number of rotatable bonds is 7. The number of carbonyl (C=O) groups excluding carboxylic acids is 1. The van der Waals surface area contributed by atoms with Gasteiger partial charge in [-0.25, -0.2) is 13.8 Å². The molecule has 0 bridgehead atoms. The Bertz CT molecular complexity index is 1140. The summed E-state index contributed by atoms with van der Waals surface area (Å²) in [6.45, 7) is 0. The average molecular weight is 447 g/mol. The van der Waals surface area contributed by atoms with Crippen molar-refractivity contribution in [2.45, 2.75) is 12.5 Å². The van der Waals surface area contributed by atoms with Gasteiger partial charge in [0.15, 0.2) is 11.6 Å². The Morgan fingerprint density at radius 3 is 2.55 bits per heavy atom. The standard InChI is InChI=1S/C22H17ClF2N2O4/c1-31-22-15(12-6-7-17(24)18(25)9-12)8-13(11-26-22)21(30)27-19(10-20(28)29)14-4-2-3-5-16(14)23/h2-9,11,19H,10H2,1H3,(H,27,30)(H,28,29). The highest BCUT2D eigenvalue weighted by atomic mass is 35.5. The molecule has 1 atom stereocenters. The smallest absolute Gasteiger partial charge is 0.305 e. The SMILES string of the molecule is COc1ncc(C(=O)NC(CC(=O)O)c2ccccc2Cl)cc1-c1ccc(F)c(F)c1. The number of benzene rings is 2. The normalized spacial score (nSPS) is 11.6. The zero-order valence-corrected chi connectivity index (χ0v) is 17.0. The summed E-state index contributed by atoms with van der Waals surface area (Å²) in [6, 6.07) is 10.3. The Kier molecular flexibility index (Phi) is 6.81. The lowest BCUT2D eigenvalue weighted by Crippen LogP contribution is -2.30. The van der Waals surface area contributed by atoms with Crippen LogP contribution >= 0.6 is 11.6 Å². The molecule has 1 unspecified atom stereocenters. The van der Waals surface area contributed by atoms with E-state index in [0.29, 0.717) is 10.6 Å². The highest BCUT2D eigenvalue weighted by Gasteiger charge is 2.22. The number of aliphatic carboxylic acids is 1. The molecule has 0 saturated carbocycles. The minimum absolute atomic E-state index is 0.0722. The first-order chi connectivity index (χ1) is 14.8. The quantitative estimate of drug-likeness (QED) is 0.552. The van der Waals surface area contributed by atoms with Gasteiger partial charge in [-0.15, -0.1) is 0 Å². The predicted octanol–water partition coefficient (Wildman–Crippen LogP) is 4.63. The first-order valence-corrected chi connectivity index (χ1v) is 9.44. The third-order valence-electron chi connectivity index (χ3n) is 4.50. The summed E-state index contributed by atoms with van der Waals surface area (Å²) in [4.78, 5) is 28.2. The second-order valence-corrected chi connectivity index (χ2v) is 6.96. The number of hydrogen-bond donors (Lipinski definition) is 2. The summed E-state index contributed by atoms with van der Waals surface area (Å²) < 4.78 is 32.2. The highest BCUT2D eigenvalue weighted by molar-refractivity contribution is 6.31. The number of methoxy groups -OCH3 is 1. The Labute approximate surface area is 181 Å². The number of nitrogens with zero attached hydrogens (tertiary/aromatic N) is 1. The van der Waals surface area contributed by atoms with Gasteiger partial charge in [-0.2, -0.15) is 0 Å². The van der Waals surface area contributed by atoms with E-state index in [4.69, 9.17) is 16.3 Å². The molecule has 0 saturated heterocycles. The van der Waals surface area contributed by atoms with E-state index in [9.17, 15) is 23.5 Å². The van der Waals surface area contributed by atoms with Crippen LogP contribution in [-0.4, -0.2) is 29.1 Å². The molecule has 1 aromatic heterocycles. The van der Waals surface area contributed by atoms with Gasteiger partial charge in [-0.1, -0.05) is 35.9 Å². The molecule has 0 radical (unpaired) electrons. The molecule has 0 aliphatic rings. The maximum Gasteiger partial charge on any atom is 0.305 e. The van der Waals surface area contributed by atoms with Gasteiger partial charge in [0, 0.05) is 16.8 Å². The van der Waals surface area contributed by atoms with E-state index in [0.717, 1.165) is 12.1 Å². The number of aromatic nitrogens is 1. The third-order valence-corrected chi connectivity index (χ3v) is 4.85. The van der Waals surface area contributed by atoms with Crippen LogP contribution in [0.5, 0.6) is 5.88 Å². The number of hydrogen-bond acceptors (Lipinski definition) is 4. The maximum absolute atomic E-state index is 13.7. The van der Waals surface area contributed by atoms with Crippen molar-refractivity contribution in [1.29, 1.82) is 0 Å². The van der Waals surface area contributed by atoms with Crippen molar-refractivity contribution in [3.8, 4) is 17.0 Å². The van der Waals surface area contributed by atoms with E-state index >= 15 is 0 Å². The van der Waals surface area contributed by atoms with Crippen molar-refractivity contribution >= 4 is 23.5 Å². The molecule has 2 aromatic carbocycles. The van der Waals surface area contributed by atoms with Gasteiger partial charge in [-0.05, 0) is 35.4 Å². The van der Waals surface area contributed by atoms with Crippen molar-refractivity contribution in [2.24, 2.45) is 0 Å². The second kappa shape index (κ2) is 9.53. The summed E-state index contributed by atoms with van der Waals surface area (Å²) in [5.74, 6) is -3.71. The Morgan fingerprint density at radius 2 is 1.90 bits per heavy atom. The first kappa shape index (κ1) is 22.2. The van der Waals surface area contributed by atoms with Gasteiger partial charge < -0.3 is 15.2 Å². The van der Waals surface area contributed by atoms with Gasteiger partial charge in [0.05, 0.1) is 25.1 Å². The predicted molar refractivity (Wildman–Crippen MR) is 110 cm³/mol. The van der Waals surface area contributed by atoms with Crippen LogP contribution < -0.4 is 10.1 Å². The minimum Gasteiger partial charge on any atom is -0.481 e. The molecule has 0 fully saturated rings. The van der Waals surface area contributed by atoms with E-state index in [1.54, 1.807) is 24.3 Å². The fourth-order valence-electron chi connectivity index (χ4n) is 3.02. The number of nitrogens with one attached hydrogen (secondary N) is 1. The minimum atomic E-state index is -1.12. The zero-order valence-electron chi connectivity index (χ0n) is 16.2. The van der Waals surface area contributed by atoms with Gasteiger partial charge in [-0.3, -0.25) is 9.59 Å². The number of carboxylic acids is 1. The average Bonchev–Trinajstić information content (AvgIpc) is 2.74. The van der Waals surface area contributed by atoms with Gasteiger partial charge in [0.25, 0.3) is 5.91 Å². The molecule has 3 rings (SSSR count). The molecule has 160 valence electrons. The number of carbonyl (C=O) groups is 2. The lowest BCUT2D eigenvalue weighted by Gasteiger charge is -2.19.